The molecule has 0 amide bonds. The molecular weight excluding hydrogens is 289 g/mol. The fourth-order valence-corrected chi connectivity index (χ4v) is 1.48. The fourth-order valence-electron chi connectivity index (χ4n) is 0.788. The molecule has 0 aliphatic heterocycles. The van der Waals surface area contributed by atoms with Crippen molar-refractivity contribution >= 4 is 31.9 Å². The predicted octanol–water partition coefficient (Wildman–Crippen LogP) is 3.42. The van der Waals surface area contributed by atoms with E-state index in [2.05, 4.69) is 31.9 Å². The first-order chi connectivity index (χ1) is 5.66. The third-order valence-corrected chi connectivity index (χ3v) is 3.35. The van der Waals surface area contributed by atoms with Crippen molar-refractivity contribution in [2.75, 3.05) is 0 Å². The molecule has 0 unspecified atom stereocenters. The van der Waals surface area contributed by atoms with Gasteiger partial charge in [-0.05, 0) is 37.9 Å². The Kier molecular flexibility index (Phi) is 3.24. The molecule has 0 saturated heterocycles. The molecule has 0 N–H and O–H groups in total. The molecule has 0 bridgehead atoms. The van der Waals surface area contributed by atoms with Crippen LogP contribution >= 0.6 is 31.9 Å². The molecule has 1 aromatic rings. The normalized spacial score (nSPS) is 9.50. The maximum Gasteiger partial charge on any atom is 0.142 e. The minimum absolute atomic E-state index is 0.0950. The number of hydrogen-bond donors (Lipinski definition) is 0. The average Bonchev–Trinajstić information content (AvgIpc) is 2.07. The van der Waals surface area contributed by atoms with E-state index in [9.17, 15) is 4.39 Å². The monoisotopic (exact) mass is 291 g/mol. The quantitative estimate of drug-likeness (QED) is 0.728. The zero-order chi connectivity index (χ0) is 9.14. The van der Waals surface area contributed by atoms with Gasteiger partial charge in [-0.1, -0.05) is 6.07 Å². The molecule has 0 aromatic heterocycles. The molecule has 62 valence electrons. The van der Waals surface area contributed by atoms with Gasteiger partial charge >= 0.3 is 0 Å². The largest absolute Gasteiger partial charge is 0.205 e. The number of nitrogens with zero attached hydrogens (tertiary/aromatic N) is 1. The standard InChI is InChI=1S/C8H4Br2FN/c9-6-2-1-5(3-4-12)8(11)7(6)10/h1-2H,3H2. The second kappa shape index (κ2) is 4.01. The maximum absolute atomic E-state index is 13.2. The van der Waals surface area contributed by atoms with Crippen LogP contribution in [0.3, 0.4) is 0 Å². The number of halogens is 3. The van der Waals surface area contributed by atoms with Crippen LogP contribution in [0.25, 0.3) is 0 Å². The van der Waals surface area contributed by atoms with Crippen molar-refractivity contribution in [1.82, 2.24) is 0 Å². The van der Waals surface area contributed by atoms with E-state index in [0.717, 1.165) is 0 Å². The Labute approximate surface area is 86.5 Å². The second-order valence-corrected chi connectivity index (χ2v) is 3.82. The van der Waals surface area contributed by atoms with Crippen LogP contribution < -0.4 is 0 Å². The molecule has 0 fully saturated rings. The number of hydrogen-bond acceptors (Lipinski definition) is 1. The van der Waals surface area contributed by atoms with Gasteiger partial charge in [0.05, 0.1) is 17.0 Å². The highest BCUT2D eigenvalue weighted by Crippen LogP contribution is 2.27. The molecule has 1 nitrogen and oxygen atoms in total. The van der Waals surface area contributed by atoms with Gasteiger partial charge in [0.25, 0.3) is 0 Å². The van der Waals surface area contributed by atoms with E-state index < -0.39 is 0 Å². The van der Waals surface area contributed by atoms with E-state index in [1.54, 1.807) is 12.1 Å². The molecular formula is C8H4Br2FN. The van der Waals surface area contributed by atoms with E-state index in [1.165, 1.54) is 0 Å². The molecule has 0 aliphatic carbocycles. The third-order valence-electron chi connectivity index (χ3n) is 1.38. The number of rotatable bonds is 1. The summed E-state index contributed by atoms with van der Waals surface area (Å²) < 4.78 is 14.2. The van der Waals surface area contributed by atoms with Crippen LogP contribution in [-0.4, -0.2) is 0 Å². The van der Waals surface area contributed by atoms with Gasteiger partial charge in [-0.25, -0.2) is 4.39 Å². The van der Waals surface area contributed by atoms with Gasteiger partial charge in [0.15, 0.2) is 0 Å². The van der Waals surface area contributed by atoms with Crippen LogP contribution in [0, 0.1) is 17.1 Å². The highest BCUT2D eigenvalue weighted by Gasteiger charge is 2.08. The molecule has 0 radical (unpaired) electrons. The van der Waals surface area contributed by atoms with Crippen molar-refractivity contribution in [1.29, 1.82) is 5.26 Å². The Bertz CT molecular complexity index is 344. The lowest BCUT2D eigenvalue weighted by molar-refractivity contribution is 0.607. The minimum atomic E-state index is -0.370. The highest BCUT2D eigenvalue weighted by atomic mass is 79.9. The van der Waals surface area contributed by atoms with Crippen LogP contribution in [0.4, 0.5) is 4.39 Å². The zero-order valence-electron chi connectivity index (χ0n) is 5.94. The van der Waals surface area contributed by atoms with E-state index in [0.29, 0.717) is 14.5 Å². The van der Waals surface area contributed by atoms with Crippen LogP contribution in [0.1, 0.15) is 5.56 Å². The van der Waals surface area contributed by atoms with Crippen LogP contribution in [0.15, 0.2) is 21.1 Å². The summed E-state index contributed by atoms with van der Waals surface area (Å²) >= 11 is 6.23. The smallest absolute Gasteiger partial charge is 0.142 e. The summed E-state index contributed by atoms with van der Waals surface area (Å²) in [6, 6.07) is 5.19. The van der Waals surface area contributed by atoms with Crippen LogP contribution in [0.5, 0.6) is 0 Å². The van der Waals surface area contributed by atoms with Crippen molar-refractivity contribution < 1.29 is 4.39 Å². The van der Waals surface area contributed by atoms with Crippen LogP contribution in [-0.2, 0) is 6.42 Å². The van der Waals surface area contributed by atoms with E-state index in [-0.39, 0.29) is 12.2 Å². The van der Waals surface area contributed by atoms with Crippen molar-refractivity contribution in [3.63, 3.8) is 0 Å². The van der Waals surface area contributed by atoms with Gasteiger partial charge < -0.3 is 0 Å². The first-order valence-electron chi connectivity index (χ1n) is 3.16. The molecule has 0 spiro atoms. The number of nitriles is 1. The topological polar surface area (TPSA) is 23.8 Å². The van der Waals surface area contributed by atoms with Crippen molar-refractivity contribution in [3.05, 3.63) is 32.5 Å². The van der Waals surface area contributed by atoms with Gasteiger partial charge in [0, 0.05) is 10.0 Å². The summed E-state index contributed by atoms with van der Waals surface area (Å²) in [6.07, 6.45) is 0.0950. The van der Waals surface area contributed by atoms with Gasteiger partial charge in [-0.2, -0.15) is 5.26 Å². The summed E-state index contributed by atoms with van der Waals surface area (Å²) in [6.45, 7) is 0. The highest BCUT2D eigenvalue weighted by molar-refractivity contribution is 9.13. The molecule has 1 aromatic carbocycles. The van der Waals surface area contributed by atoms with Crippen molar-refractivity contribution in [2.24, 2.45) is 0 Å². The van der Waals surface area contributed by atoms with Gasteiger partial charge in [0.2, 0.25) is 0 Å². The summed E-state index contributed by atoms with van der Waals surface area (Å²) in [5.74, 6) is -0.370. The minimum Gasteiger partial charge on any atom is -0.205 e. The summed E-state index contributed by atoms with van der Waals surface area (Å²) in [5, 5.41) is 8.36. The molecule has 0 atom stereocenters. The Morgan fingerprint density at radius 2 is 2.08 bits per heavy atom. The molecule has 12 heavy (non-hydrogen) atoms. The second-order valence-electron chi connectivity index (χ2n) is 2.17. The number of benzene rings is 1. The summed E-state index contributed by atoms with van der Waals surface area (Å²) in [5.41, 5.74) is 0.410. The Hall–Kier alpha value is -0.400. The lowest BCUT2D eigenvalue weighted by Crippen LogP contribution is -1.90. The average molecular weight is 293 g/mol. The Morgan fingerprint density at radius 3 is 2.67 bits per heavy atom. The molecule has 0 aliphatic rings. The summed E-state index contributed by atoms with van der Waals surface area (Å²) in [4.78, 5) is 0. The molecule has 0 saturated carbocycles. The maximum atomic E-state index is 13.2. The fraction of sp³-hybridized carbons (Fsp3) is 0.125. The molecule has 0 heterocycles. The van der Waals surface area contributed by atoms with Crippen molar-refractivity contribution in [2.45, 2.75) is 6.42 Å². The van der Waals surface area contributed by atoms with Gasteiger partial charge in [-0.3, -0.25) is 0 Å². The predicted molar refractivity (Wildman–Crippen MR) is 51.1 cm³/mol. The van der Waals surface area contributed by atoms with E-state index in [4.69, 9.17) is 5.26 Å². The van der Waals surface area contributed by atoms with E-state index >= 15 is 0 Å². The Balaban J connectivity index is 3.19. The third kappa shape index (κ3) is 1.85. The Morgan fingerprint density at radius 1 is 1.42 bits per heavy atom. The zero-order valence-corrected chi connectivity index (χ0v) is 9.11. The first kappa shape index (κ1) is 9.69. The molecule has 4 heteroatoms. The molecule has 1 rings (SSSR count). The lowest BCUT2D eigenvalue weighted by atomic mass is 10.1. The van der Waals surface area contributed by atoms with Gasteiger partial charge in [0.1, 0.15) is 5.82 Å². The summed E-state index contributed by atoms with van der Waals surface area (Å²) in [7, 11) is 0. The first-order valence-corrected chi connectivity index (χ1v) is 4.74. The van der Waals surface area contributed by atoms with E-state index in [1.807, 2.05) is 6.07 Å². The SMILES string of the molecule is N#CCc1ccc(Br)c(Br)c1F. The van der Waals surface area contributed by atoms with Gasteiger partial charge in [-0.15, -0.1) is 0 Å². The van der Waals surface area contributed by atoms with Crippen LogP contribution in [0.2, 0.25) is 0 Å². The van der Waals surface area contributed by atoms with Crippen molar-refractivity contribution in [3.8, 4) is 6.07 Å². The lowest BCUT2D eigenvalue weighted by Gasteiger charge is -2.01.